The Morgan fingerprint density at radius 1 is 1.43 bits per heavy atom. The quantitative estimate of drug-likeness (QED) is 0.674. The zero-order chi connectivity index (χ0) is 11.0. The van der Waals surface area contributed by atoms with E-state index in [9.17, 15) is 0 Å². The van der Waals surface area contributed by atoms with Gasteiger partial charge >= 0.3 is 0 Å². The standard InChI is InChI=1S/C11H23N3/c1-5-13-11(3,10-12)8-7-9-14(4)6-2/h13H,5-9H2,1-4H3. The van der Waals surface area contributed by atoms with Crippen LogP contribution in [0.15, 0.2) is 0 Å². The van der Waals surface area contributed by atoms with Crippen LogP contribution < -0.4 is 5.32 Å². The molecule has 0 amide bonds. The van der Waals surface area contributed by atoms with Crippen molar-refractivity contribution < 1.29 is 0 Å². The molecule has 0 heterocycles. The minimum absolute atomic E-state index is 0.344. The first-order chi connectivity index (χ1) is 6.58. The Kier molecular flexibility index (Phi) is 6.52. The van der Waals surface area contributed by atoms with Crippen molar-refractivity contribution >= 4 is 0 Å². The molecule has 3 nitrogen and oxygen atoms in total. The summed E-state index contributed by atoms with van der Waals surface area (Å²) in [5.74, 6) is 0. The Morgan fingerprint density at radius 2 is 2.07 bits per heavy atom. The number of hydrogen-bond donors (Lipinski definition) is 1. The van der Waals surface area contributed by atoms with E-state index in [1.807, 2.05) is 13.8 Å². The van der Waals surface area contributed by atoms with Gasteiger partial charge in [-0.05, 0) is 46.4 Å². The predicted octanol–water partition coefficient (Wildman–Crippen LogP) is 1.61. The van der Waals surface area contributed by atoms with Crippen molar-refractivity contribution in [3.05, 3.63) is 0 Å². The second-order valence-corrected chi connectivity index (χ2v) is 3.97. The summed E-state index contributed by atoms with van der Waals surface area (Å²) in [5, 5.41) is 12.2. The van der Waals surface area contributed by atoms with Crippen molar-refractivity contribution in [2.75, 3.05) is 26.7 Å². The molecule has 14 heavy (non-hydrogen) atoms. The van der Waals surface area contributed by atoms with Crippen LogP contribution in [0.5, 0.6) is 0 Å². The number of hydrogen-bond acceptors (Lipinski definition) is 3. The molecular weight excluding hydrogens is 174 g/mol. The molecule has 0 fully saturated rings. The van der Waals surface area contributed by atoms with Gasteiger partial charge in [0.15, 0.2) is 0 Å². The lowest BCUT2D eigenvalue weighted by Crippen LogP contribution is -2.41. The van der Waals surface area contributed by atoms with Crippen molar-refractivity contribution in [1.29, 1.82) is 5.26 Å². The molecule has 0 aliphatic rings. The zero-order valence-corrected chi connectivity index (χ0v) is 9.93. The molecule has 0 aliphatic heterocycles. The summed E-state index contributed by atoms with van der Waals surface area (Å²) in [4.78, 5) is 2.27. The van der Waals surface area contributed by atoms with Crippen LogP contribution in [-0.4, -0.2) is 37.1 Å². The molecule has 0 radical (unpaired) electrons. The third-order valence-electron chi connectivity index (χ3n) is 2.57. The molecule has 0 saturated heterocycles. The van der Waals surface area contributed by atoms with E-state index in [1.165, 1.54) is 0 Å². The van der Waals surface area contributed by atoms with Crippen LogP contribution in [0.3, 0.4) is 0 Å². The number of nitrogens with zero attached hydrogens (tertiary/aromatic N) is 2. The molecule has 1 unspecified atom stereocenters. The largest absolute Gasteiger partial charge is 0.307 e. The van der Waals surface area contributed by atoms with Crippen molar-refractivity contribution in [2.24, 2.45) is 0 Å². The summed E-state index contributed by atoms with van der Waals surface area (Å²) in [5.41, 5.74) is -0.344. The Labute approximate surface area is 88.1 Å². The molecule has 0 aromatic rings. The SMILES string of the molecule is CCNC(C)(C#N)CCCN(C)CC. The van der Waals surface area contributed by atoms with E-state index >= 15 is 0 Å². The molecule has 1 N–H and O–H groups in total. The summed E-state index contributed by atoms with van der Waals surface area (Å²) in [6, 6.07) is 2.34. The Hall–Kier alpha value is -0.590. The highest BCUT2D eigenvalue weighted by atomic mass is 15.1. The Bertz CT molecular complexity index is 185. The second kappa shape index (κ2) is 6.80. The van der Waals surface area contributed by atoms with Gasteiger partial charge in [-0.15, -0.1) is 0 Å². The molecule has 0 bridgehead atoms. The lowest BCUT2D eigenvalue weighted by Gasteiger charge is -2.23. The molecule has 1 atom stereocenters. The maximum Gasteiger partial charge on any atom is 0.103 e. The predicted molar refractivity (Wildman–Crippen MR) is 60.1 cm³/mol. The molecule has 0 aromatic heterocycles. The van der Waals surface area contributed by atoms with Crippen molar-refractivity contribution in [3.63, 3.8) is 0 Å². The minimum Gasteiger partial charge on any atom is -0.307 e. The van der Waals surface area contributed by atoms with Gasteiger partial charge in [0, 0.05) is 0 Å². The molecule has 3 heteroatoms. The number of nitriles is 1. The smallest absolute Gasteiger partial charge is 0.103 e. The molecule has 82 valence electrons. The summed E-state index contributed by atoms with van der Waals surface area (Å²) in [7, 11) is 2.11. The molecule has 0 spiro atoms. The van der Waals surface area contributed by atoms with E-state index in [2.05, 4.69) is 30.3 Å². The normalized spacial score (nSPS) is 15.1. The van der Waals surface area contributed by atoms with E-state index < -0.39 is 0 Å². The van der Waals surface area contributed by atoms with Crippen molar-refractivity contribution in [2.45, 2.75) is 39.2 Å². The topological polar surface area (TPSA) is 39.1 Å². The third kappa shape index (κ3) is 5.21. The zero-order valence-electron chi connectivity index (χ0n) is 9.93. The van der Waals surface area contributed by atoms with Gasteiger partial charge in [0.2, 0.25) is 0 Å². The summed E-state index contributed by atoms with van der Waals surface area (Å²) in [6.07, 6.45) is 1.99. The average molecular weight is 197 g/mol. The van der Waals surface area contributed by atoms with Gasteiger partial charge in [-0.1, -0.05) is 13.8 Å². The van der Waals surface area contributed by atoms with Crippen LogP contribution >= 0.6 is 0 Å². The molecule has 0 saturated carbocycles. The molecule has 0 aromatic carbocycles. The third-order valence-corrected chi connectivity index (χ3v) is 2.57. The highest BCUT2D eigenvalue weighted by molar-refractivity contribution is 5.03. The van der Waals surface area contributed by atoms with Gasteiger partial charge in [0.1, 0.15) is 5.54 Å². The lowest BCUT2D eigenvalue weighted by molar-refractivity contribution is 0.318. The van der Waals surface area contributed by atoms with Crippen LogP contribution in [0.25, 0.3) is 0 Å². The van der Waals surface area contributed by atoms with Crippen LogP contribution in [0.4, 0.5) is 0 Å². The van der Waals surface area contributed by atoms with Crippen LogP contribution in [-0.2, 0) is 0 Å². The van der Waals surface area contributed by atoms with Gasteiger partial charge in [0.25, 0.3) is 0 Å². The van der Waals surface area contributed by atoms with E-state index in [1.54, 1.807) is 0 Å². The Morgan fingerprint density at radius 3 is 2.50 bits per heavy atom. The highest BCUT2D eigenvalue weighted by Crippen LogP contribution is 2.10. The van der Waals surface area contributed by atoms with E-state index in [0.29, 0.717) is 0 Å². The highest BCUT2D eigenvalue weighted by Gasteiger charge is 2.21. The fourth-order valence-corrected chi connectivity index (χ4v) is 1.43. The van der Waals surface area contributed by atoms with E-state index in [0.717, 1.165) is 32.5 Å². The van der Waals surface area contributed by atoms with E-state index in [4.69, 9.17) is 5.26 Å². The van der Waals surface area contributed by atoms with Gasteiger partial charge < -0.3 is 4.90 Å². The summed E-state index contributed by atoms with van der Waals surface area (Å²) >= 11 is 0. The first-order valence-corrected chi connectivity index (χ1v) is 5.42. The Balaban J connectivity index is 3.79. The maximum atomic E-state index is 9.01. The van der Waals surface area contributed by atoms with Gasteiger partial charge in [-0.25, -0.2) is 0 Å². The second-order valence-electron chi connectivity index (χ2n) is 3.97. The number of nitrogens with one attached hydrogen (secondary N) is 1. The molecule has 0 aliphatic carbocycles. The van der Waals surface area contributed by atoms with Crippen molar-refractivity contribution in [3.8, 4) is 6.07 Å². The average Bonchev–Trinajstić information content (AvgIpc) is 2.18. The minimum atomic E-state index is -0.344. The molecule has 0 rings (SSSR count). The van der Waals surface area contributed by atoms with Crippen molar-refractivity contribution in [1.82, 2.24) is 10.2 Å². The number of rotatable bonds is 7. The fourth-order valence-electron chi connectivity index (χ4n) is 1.43. The van der Waals surface area contributed by atoms with Crippen LogP contribution in [0, 0.1) is 11.3 Å². The first-order valence-electron chi connectivity index (χ1n) is 5.42. The first kappa shape index (κ1) is 13.4. The fraction of sp³-hybridized carbons (Fsp3) is 0.909. The van der Waals surface area contributed by atoms with Crippen LogP contribution in [0.1, 0.15) is 33.6 Å². The lowest BCUT2D eigenvalue weighted by atomic mass is 9.97. The van der Waals surface area contributed by atoms with Gasteiger partial charge in [-0.2, -0.15) is 5.26 Å². The van der Waals surface area contributed by atoms with Crippen LogP contribution in [0.2, 0.25) is 0 Å². The molecular formula is C11H23N3. The summed E-state index contributed by atoms with van der Waals surface area (Å²) < 4.78 is 0. The monoisotopic (exact) mass is 197 g/mol. The maximum absolute atomic E-state index is 9.01. The van der Waals surface area contributed by atoms with E-state index in [-0.39, 0.29) is 5.54 Å². The summed E-state index contributed by atoms with van der Waals surface area (Å²) in [6.45, 7) is 9.15. The van der Waals surface area contributed by atoms with Gasteiger partial charge in [0.05, 0.1) is 6.07 Å². The van der Waals surface area contributed by atoms with Gasteiger partial charge in [-0.3, -0.25) is 5.32 Å².